The van der Waals surface area contributed by atoms with Crippen LogP contribution in [0.3, 0.4) is 0 Å². The van der Waals surface area contributed by atoms with Gasteiger partial charge in [0, 0.05) is 12.1 Å². The third kappa shape index (κ3) is 3.66. The summed E-state index contributed by atoms with van der Waals surface area (Å²) in [6, 6.07) is 0. The molecule has 0 unspecified atom stereocenters. The monoisotopic (exact) mass is 194 g/mol. The number of amides is 1. The predicted octanol–water partition coefficient (Wildman–Crippen LogP) is 1.01. The maximum Gasteiger partial charge on any atom is 0.229 e. The zero-order chi connectivity index (χ0) is 9.68. The van der Waals surface area contributed by atoms with Crippen molar-refractivity contribution >= 4 is 23.2 Å². The van der Waals surface area contributed by atoms with Gasteiger partial charge in [0.05, 0.1) is 0 Å². The quantitative estimate of drug-likeness (QED) is 0.565. The van der Waals surface area contributed by atoms with E-state index in [9.17, 15) is 4.79 Å². The molecule has 1 amide bonds. The fourth-order valence-corrected chi connectivity index (χ4v) is 1.07. The number of hydrogen-bond donors (Lipinski definition) is 2. The van der Waals surface area contributed by atoms with Gasteiger partial charge >= 0.3 is 0 Å². The van der Waals surface area contributed by atoms with Crippen LogP contribution >= 0.6 is 12.2 Å². The number of carbonyl (C=O) groups is 1. The zero-order valence-corrected chi connectivity index (χ0v) is 7.86. The van der Waals surface area contributed by atoms with E-state index in [-0.39, 0.29) is 11.0 Å². The van der Waals surface area contributed by atoms with Crippen molar-refractivity contribution in [3.05, 3.63) is 36.6 Å². The van der Waals surface area contributed by atoms with Gasteiger partial charge in [-0.2, -0.15) is 0 Å². The number of nitrogens with one attached hydrogen (secondary N) is 2. The summed E-state index contributed by atoms with van der Waals surface area (Å²) in [5.74, 6) is -0.128. The third-order valence-electron chi connectivity index (χ3n) is 1.37. The van der Waals surface area contributed by atoms with Crippen LogP contribution in [0.4, 0.5) is 0 Å². The lowest BCUT2D eigenvalue weighted by molar-refractivity contribution is -0.118. The standard InChI is InChI=1S/C9H10N2OS/c1-7-5-3-2-4-6-8(12)11-9(13)10-7/h2-5H,1,6H2,(H2,10,11,12,13)/b4-2-,5-3-. The topological polar surface area (TPSA) is 41.1 Å². The van der Waals surface area contributed by atoms with Crippen LogP contribution < -0.4 is 10.6 Å². The second-order valence-corrected chi connectivity index (χ2v) is 2.93. The van der Waals surface area contributed by atoms with Crippen LogP contribution in [0.25, 0.3) is 0 Å². The van der Waals surface area contributed by atoms with Crippen molar-refractivity contribution in [2.24, 2.45) is 0 Å². The van der Waals surface area contributed by atoms with E-state index in [1.807, 2.05) is 0 Å². The van der Waals surface area contributed by atoms with Crippen LogP contribution in [0.5, 0.6) is 0 Å². The van der Waals surface area contributed by atoms with Crippen LogP contribution in [0, 0.1) is 0 Å². The normalized spacial score (nSPS) is 22.9. The highest BCUT2D eigenvalue weighted by Gasteiger charge is 2.02. The largest absolute Gasteiger partial charge is 0.333 e. The number of carbonyl (C=O) groups excluding carboxylic acids is 1. The van der Waals surface area contributed by atoms with Gasteiger partial charge in [-0.25, -0.2) is 0 Å². The molecule has 0 spiro atoms. The highest BCUT2D eigenvalue weighted by molar-refractivity contribution is 7.80. The highest BCUT2D eigenvalue weighted by Crippen LogP contribution is 1.93. The molecular weight excluding hydrogens is 184 g/mol. The second kappa shape index (κ2) is 4.57. The summed E-state index contributed by atoms with van der Waals surface area (Å²) in [7, 11) is 0. The molecule has 0 bridgehead atoms. The van der Waals surface area contributed by atoms with Crippen LogP contribution in [0.15, 0.2) is 36.6 Å². The SMILES string of the molecule is C=C1/C=C\C=C/CC(=O)NC(=S)N1. The van der Waals surface area contributed by atoms with Gasteiger partial charge in [0.2, 0.25) is 5.91 Å². The Bertz CT molecular complexity index is 305. The smallest absolute Gasteiger partial charge is 0.229 e. The van der Waals surface area contributed by atoms with E-state index in [0.717, 1.165) is 0 Å². The average Bonchev–Trinajstić information content (AvgIpc) is 2.02. The lowest BCUT2D eigenvalue weighted by Gasteiger charge is -2.08. The molecule has 3 nitrogen and oxygen atoms in total. The molecule has 2 N–H and O–H groups in total. The summed E-state index contributed by atoms with van der Waals surface area (Å²) >= 11 is 4.85. The van der Waals surface area contributed by atoms with Crippen molar-refractivity contribution in [1.82, 2.24) is 10.6 Å². The molecule has 0 radical (unpaired) electrons. The molecular formula is C9H10N2OS. The number of thiocarbonyl (C=S) groups is 1. The van der Waals surface area contributed by atoms with Crippen LogP contribution in [-0.4, -0.2) is 11.0 Å². The van der Waals surface area contributed by atoms with E-state index in [2.05, 4.69) is 17.2 Å². The Kier molecular flexibility index (Phi) is 3.40. The van der Waals surface area contributed by atoms with Crippen molar-refractivity contribution in [2.45, 2.75) is 6.42 Å². The Labute approximate surface area is 82.2 Å². The first-order valence-corrected chi connectivity index (χ1v) is 4.22. The molecule has 0 aromatic heterocycles. The molecule has 0 saturated carbocycles. The first-order chi connectivity index (χ1) is 6.18. The molecule has 4 heteroatoms. The maximum absolute atomic E-state index is 11.1. The van der Waals surface area contributed by atoms with Gasteiger partial charge in [-0.15, -0.1) is 0 Å². The maximum atomic E-state index is 11.1. The molecule has 13 heavy (non-hydrogen) atoms. The first kappa shape index (κ1) is 9.67. The van der Waals surface area contributed by atoms with E-state index < -0.39 is 0 Å². The first-order valence-electron chi connectivity index (χ1n) is 3.81. The Hall–Kier alpha value is -1.42. The molecule has 1 aliphatic rings. The van der Waals surface area contributed by atoms with E-state index in [4.69, 9.17) is 12.2 Å². The second-order valence-electron chi connectivity index (χ2n) is 2.52. The lowest BCUT2D eigenvalue weighted by atomic mass is 10.3. The van der Waals surface area contributed by atoms with Crippen LogP contribution in [0.1, 0.15) is 6.42 Å². The summed E-state index contributed by atoms with van der Waals surface area (Å²) in [6.07, 6.45) is 7.46. The molecule has 1 heterocycles. The summed E-state index contributed by atoms with van der Waals surface area (Å²) in [5.41, 5.74) is 0.650. The van der Waals surface area contributed by atoms with Crippen LogP contribution in [0.2, 0.25) is 0 Å². The van der Waals surface area contributed by atoms with Crippen molar-refractivity contribution in [3.63, 3.8) is 0 Å². The van der Waals surface area contributed by atoms with E-state index >= 15 is 0 Å². The Balaban J connectivity index is 2.73. The molecule has 0 saturated heterocycles. The van der Waals surface area contributed by atoms with E-state index in [0.29, 0.717) is 12.1 Å². The van der Waals surface area contributed by atoms with Gasteiger partial charge in [-0.3, -0.25) is 4.79 Å². The lowest BCUT2D eigenvalue weighted by Crippen LogP contribution is -2.38. The predicted molar refractivity (Wildman–Crippen MR) is 55.9 cm³/mol. The third-order valence-corrected chi connectivity index (χ3v) is 1.58. The minimum atomic E-state index is -0.128. The van der Waals surface area contributed by atoms with E-state index in [1.165, 1.54) is 0 Å². The fraction of sp³-hybridized carbons (Fsp3) is 0.111. The minimum absolute atomic E-state index is 0.128. The van der Waals surface area contributed by atoms with Gasteiger partial charge in [-0.1, -0.05) is 24.8 Å². The van der Waals surface area contributed by atoms with E-state index in [1.54, 1.807) is 24.3 Å². The zero-order valence-electron chi connectivity index (χ0n) is 7.04. The van der Waals surface area contributed by atoms with Crippen molar-refractivity contribution in [3.8, 4) is 0 Å². The highest BCUT2D eigenvalue weighted by atomic mass is 32.1. The number of allylic oxidation sites excluding steroid dienone is 3. The summed E-state index contributed by atoms with van der Waals surface area (Å²) in [6.45, 7) is 3.69. The molecule has 0 aliphatic carbocycles. The Morgan fingerprint density at radius 1 is 1.38 bits per heavy atom. The summed E-state index contributed by atoms with van der Waals surface area (Å²) in [4.78, 5) is 11.1. The van der Waals surface area contributed by atoms with Crippen LogP contribution in [-0.2, 0) is 4.79 Å². The molecule has 68 valence electrons. The summed E-state index contributed by atoms with van der Waals surface area (Å²) in [5, 5.41) is 5.57. The number of rotatable bonds is 0. The molecule has 1 aliphatic heterocycles. The molecule has 0 aromatic carbocycles. The van der Waals surface area contributed by atoms with Crippen molar-refractivity contribution < 1.29 is 4.79 Å². The van der Waals surface area contributed by atoms with Gasteiger partial charge in [-0.05, 0) is 18.3 Å². The molecule has 0 aromatic rings. The summed E-state index contributed by atoms with van der Waals surface area (Å²) < 4.78 is 0. The van der Waals surface area contributed by atoms with Gasteiger partial charge < -0.3 is 10.6 Å². The van der Waals surface area contributed by atoms with Crippen molar-refractivity contribution in [2.75, 3.05) is 0 Å². The fourth-order valence-electron chi connectivity index (χ4n) is 0.822. The number of hydrogen-bond acceptors (Lipinski definition) is 2. The van der Waals surface area contributed by atoms with Gasteiger partial charge in [0.25, 0.3) is 0 Å². The van der Waals surface area contributed by atoms with Gasteiger partial charge in [0.15, 0.2) is 5.11 Å². The Morgan fingerprint density at radius 2 is 2.15 bits per heavy atom. The Morgan fingerprint density at radius 3 is 2.92 bits per heavy atom. The van der Waals surface area contributed by atoms with Crippen molar-refractivity contribution in [1.29, 1.82) is 0 Å². The molecule has 1 rings (SSSR count). The molecule has 0 atom stereocenters. The average molecular weight is 194 g/mol. The molecule has 0 fully saturated rings. The van der Waals surface area contributed by atoms with Gasteiger partial charge in [0.1, 0.15) is 0 Å². The minimum Gasteiger partial charge on any atom is -0.333 e.